The van der Waals surface area contributed by atoms with Crippen LogP contribution in [0, 0.1) is 5.82 Å². The normalized spacial score (nSPS) is 13.6. The molecule has 1 aliphatic heterocycles. The van der Waals surface area contributed by atoms with Gasteiger partial charge in [-0.3, -0.25) is 4.79 Å². The van der Waals surface area contributed by atoms with Crippen molar-refractivity contribution in [3.63, 3.8) is 0 Å². The Morgan fingerprint density at radius 3 is 2.66 bits per heavy atom. The van der Waals surface area contributed by atoms with Gasteiger partial charge in [-0.2, -0.15) is 0 Å². The highest BCUT2D eigenvalue weighted by molar-refractivity contribution is 7.90. The second-order valence-electron chi connectivity index (χ2n) is 9.21. The highest BCUT2D eigenvalue weighted by atomic mass is 32.2. The van der Waals surface area contributed by atoms with E-state index in [1.807, 2.05) is 36.4 Å². The molecule has 0 saturated carbocycles. The number of rotatable bonds is 6. The fourth-order valence-corrected chi connectivity index (χ4v) is 5.53. The van der Waals surface area contributed by atoms with E-state index >= 15 is 4.39 Å². The Morgan fingerprint density at radius 2 is 1.92 bits per heavy atom. The summed E-state index contributed by atoms with van der Waals surface area (Å²) in [6.07, 6.45) is 2.13. The number of nitrogens with zero attached hydrogens (tertiary/aromatic N) is 2. The predicted molar refractivity (Wildman–Crippen MR) is 140 cm³/mol. The van der Waals surface area contributed by atoms with Gasteiger partial charge in [0.1, 0.15) is 35.2 Å². The molecule has 1 N–H and O–H groups in total. The van der Waals surface area contributed by atoms with Gasteiger partial charge >= 0.3 is 0 Å². The van der Waals surface area contributed by atoms with Crippen LogP contribution in [-0.2, 0) is 34.0 Å². The molecule has 0 atom stereocenters. The molecule has 0 radical (unpaired) electrons. The topological polar surface area (TPSA) is 109 Å². The summed E-state index contributed by atoms with van der Waals surface area (Å²) >= 11 is 0. The van der Waals surface area contributed by atoms with Crippen LogP contribution in [0.15, 0.2) is 53.4 Å². The molecule has 1 amide bonds. The van der Waals surface area contributed by atoms with Crippen molar-refractivity contribution in [3.05, 3.63) is 76.9 Å². The zero-order valence-corrected chi connectivity index (χ0v) is 21.8. The number of sulfone groups is 1. The highest BCUT2D eigenvalue weighted by Crippen LogP contribution is 2.32. The Kier molecular flexibility index (Phi) is 6.75. The van der Waals surface area contributed by atoms with Gasteiger partial charge in [-0.25, -0.2) is 17.8 Å². The Morgan fingerprint density at radius 1 is 1.16 bits per heavy atom. The van der Waals surface area contributed by atoms with Crippen molar-refractivity contribution >= 4 is 33.1 Å². The van der Waals surface area contributed by atoms with E-state index in [4.69, 9.17) is 4.74 Å². The van der Waals surface area contributed by atoms with E-state index < -0.39 is 20.5 Å². The second kappa shape index (κ2) is 10.0. The molecule has 1 aliphatic rings. The Labute approximate surface area is 219 Å². The summed E-state index contributed by atoms with van der Waals surface area (Å²) in [7, 11) is -3.77. The van der Waals surface area contributed by atoms with Crippen LogP contribution in [0.5, 0.6) is 5.75 Å². The number of nitrogens with one attached hydrogen (secondary N) is 1. The van der Waals surface area contributed by atoms with Crippen LogP contribution in [0.2, 0.25) is 0 Å². The van der Waals surface area contributed by atoms with Crippen molar-refractivity contribution in [2.45, 2.75) is 31.2 Å². The number of halogens is 1. The number of aldehydes is 1. The number of fused-ring (bicyclic) bond motifs is 2. The van der Waals surface area contributed by atoms with E-state index in [1.165, 1.54) is 6.07 Å². The quantitative estimate of drug-likeness (QED) is 0.372. The van der Waals surface area contributed by atoms with Gasteiger partial charge in [0.25, 0.3) is 5.91 Å². The monoisotopic (exact) mass is 535 g/mol. The summed E-state index contributed by atoms with van der Waals surface area (Å²) in [6, 6.07) is 14.1. The molecule has 2 heterocycles. The van der Waals surface area contributed by atoms with Crippen molar-refractivity contribution in [2.24, 2.45) is 0 Å². The van der Waals surface area contributed by atoms with E-state index in [2.05, 4.69) is 9.97 Å². The molecule has 0 saturated heterocycles. The van der Waals surface area contributed by atoms with Gasteiger partial charge in [-0.1, -0.05) is 19.1 Å². The molecule has 196 valence electrons. The van der Waals surface area contributed by atoms with E-state index in [1.54, 1.807) is 11.8 Å². The standard InChI is InChI=1S/C28H26FN3O5S/c1-3-20-21(6-9-25(27(20)29)38(2,35)36)28(34)32-11-13-37-24-8-5-17(14-19(24)16-32)18-4-7-22-23(15-18)31-26(30-22)10-12-33/h4-9,12,14-15H,3,10-11,13,16H2,1-2H3,(H,30,31). The predicted octanol–water partition coefficient (Wildman–Crippen LogP) is 4.11. The smallest absolute Gasteiger partial charge is 0.254 e. The summed E-state index contributed by atoms with van der Waals surface area (Å²) in [5.41, 5.74) is 4.44. The number of carbonyl (C=O) groups is 2. The van der Waals surface area contributed by atoms with Gasteiger partial charge in [0, 0.05) is 29.5 Å². The minimum absolute atomic E-state index is 0.0823. The number of ether oxygens (including phenoxy) is 1. The number of carbonyl (C=O) groups excluding carboxylic acids is 2. The van der Waals surface area contributed by atoms with Crippen LogP contribution in [0.4, 0.5) is 4.39 Å². The third-order valence-electron chi connectivity index (χ3n) is 6.66. The number of H-pyrrole nitrogens is 1. The highest BCUT2D eigenvalue weighted by Gasteiger charge is 2.27. The molecule has 1 aromatic heterocycles. The van der Waals surface area contributed by atoms with E-state index in [0.29, 0.717) is 18.1 Å². The van der Waals surface area contributed by atoms with Crippen LogP contribution in [0.1, 0.15) is 34.2 Å². The summed E-state index contributed by atoms with van der Waals surface area (Å²) in [5.74, 6) is 0.00249. The van der Waals surface area contributed by atoms with Crippen molar-refractivity contribution < 1.29 is 27.1 Å². The zero-order valence-electron chi connectivity index (χ0n) is 21.0. The van der Waals surface area contributed by atoms with Crippen LogP contribution in [0.3, 0.4) is 0 Å². The number of hydrogen-bond acceptors (Lipinski definition) is 6. The first-order chi connectivity index (χ1) is 18.2. The molecule has 0 unspecified atom stereocenters. The maximum absolute atomic E-state index is 15.1. The maximum Gasteiger partial charge on any atom is 0.254 e. The lowest BCUT2D eigenvalue weighted by atomic mass is 10.0. The van der Waals surface area contributed by atoms with Gasteiger partial charge in [0.2, 0.25) is 0 Å². The molecule has 0 bridgehead atoms. The number of hydrogen-bond donors (Lipinski definition) is 1. The van der Waals surface area contributed by atoms with Crippen molar-refractivity contribution in [1.82, 2.24) is 14.9 Å². The average molecular weight is 536 g/mol. The van der Waals surface area contributed by atoms with Crippen LogP contribution in [0.25, 0.3) is 22.2 Å². The third-order valence-corrected chi connectivity index (χ3v) is 7.77. The van der Waals surface area contributed by atoms with Gasteiger partial charge in [-0.05, 0) is 53.9 Å². The van der Waals surface area contributed by atoms with Crippen molar-refractivity contribution in [2.75, 3.05) is 19.4 Å². The van der Waals surface area contributed by atoms with Crippen LogP contribution < -0.4 is 4.74 Å². The molecule has 38 heavy (non-hydrogen) atoms. The number of aromatic amines is 1. The third kappa shape index (κ3) is 4.79. The van der Waals surface area contributed by atoms with Gasteiger partial charge in [-0.15, -0.1) is 0 Å². The lowest BCUT2D eigenvalue weighted by molar-refractivity contribution is -0.107. The average Bonchev–Trinajstić information content (AvgIpc) is 3.16. The van der Waals surface area contributed by atoms with Crippen LogP contribution >= 0.6 is 0 Å². The first kappa shape index (κ1) is 25.6. The lowest BCUT2D eigenvalue weighted by Crippen LogP contribution is -2.33. The molecule has 8 nitrogen and oxygen atoms in total. The second-order valence-corrected chi connectivity index (χ2v) is 11.2. The number of benzene rings is 3. The van der Waals surface area contributed by atoms with E-state index in [9.17, 15) is 18.0 Å². The lowest BCUT2D eigenvalue weighted by Gasteiger charge is -2.22. The SMILES string of the molecule is CCc1c(C(=O)N2CCOc3ccc(-c4ccc5nc(CC=O)[nH]c5c4)cc3C2)ccc(S(C)(=O)=O)c1F. The number of imidazole rings is 1. The molecular formula is C28H26FN3O5S. The maximum atomic E-state index is 15.1. The van der Waals surface area contributed by atoms with Crippen LogP contribution in [-0.4, -0.2) is 54.9 Å². The molecule has 0 fully saturated rings. The summed E-state index contributed by atoms with van der Waals surface area (Å²) in [5, 5.41) is 0. The first-order valence-electron chi connectivity index (χ1n) is 12.2. The van der Waals surface area contributed by atoms with Gasteiger partial charge in [0.15, 0.2) is 9.84 Å². The molecule has 5 rings (SSSR count). The zero-order chi connectivity index (χ0) is 27.0. The van der Waals surface area contributed by atoms with Gasteiger partial charge < -0.3 is 19.4 Å². The molecule has 10 heteroatoms. The van der Waals surface area contributed by atoms with Crippen molar-refractivity contribution in [1.29, 1.82) is 0 Å². The van der Waals surface area contributed by atoms with E-state index in [0.717, 1.165) is 46.3 Å². The molecule has 3 aromatic carbocycles. The van der Waals surface area contributed by atoms with Crippen molar-refractivity contribution in [3.8, 4) is 16.9 Å². The summed E-state index contributed by atoms with van der Waals surface area (Å²) in [6.45, 7) is 2.49. The van der Waals surface area contributed by atoms with E-state index in [-0.39, 0.29) is 43.0 Å². The fraction of sp³-hybridized carbons (Fsp3) is 0.250. The first-order valence-corrected chi connectivity index (χ1v) is 14.1. The minimum atomic E-state index is -3.77. The summed E-state index contributed by atoms with van der Waals surface area (Å²) in [4.78, 5) is 33.1. The summed E-state index contributed by atoms with van der Waals surface area (Å²) < 4.78 is 44.9. The Bertz CT molecular complexity index is 1680. The number of aromatic nitrogens is 2. The number of amides is 1. The minimum Gasteiger partial charge on any atom is -0.491 e. The van der Waals surface area contributed by atoms with Gasteiger partial charge in [0.05, 0.1) is 24.0 Å². The molecule has 0 aliphatic carbocycles. The Balaban J connectivity index is 1.47. The largest absolute Gasteiger partial charge is 0.491 e. The molecule has 0 spiro atoms. The Hall–Kier alpha value is -4.05. The molecule has 4 aromatic rings. The molecular weight excluding hydrogens is 509 g/mol. The fourth-order valence-electron chi connectivity index (χ4n) is 4.77.